The van der Waals surface area contributed by atoms with Crippen LogP contribution >= 0.6 is 0 Å². The maximum atomic E-state index is 4.46. The van der Waals surface area contributed by atoms with Gasteiger partial charge < -0.3 is 5.32 Å². The van der Waals surface area contributed by atoms with E-state index in [0.717, 1.165) is 30.9 Å². The van der Waals surface area contributed by atoms with E-state index < -0.39 is 0 Å². The van der Waals surface area contributed by atoms with Gasteiger partial charge in [-0.3, -0.25) is 0 Å². The Hall–Kier alpha value is -1.22. The van der Waals surface area contributed by atoms with Crippen LogP contribution in [0.25, 0.3) is 0 Å². The van der Waals surface area contributed by atoms with Gasteiger partial charge in [0, 0.05) is 6.20 Å². The van der Waals surface area contributed by atoms with Crippen molar-refractivity contribution in [2.24, 2.45) is 0 Å². The SMILES string of the molecule is C=C(CC)CC(NCC)c1ccnc(C)n1. The Morgan fingerprint density at radius 2 is 2.25 bits per heavy atom. The molecule has 3 nitrogen and oxygen atoms in total. The topological polar surface area (TPSA) is 37.8 Å². The number of aromatic nitrogens is 2. The number of rotatable bonds is 6. The van der Waals surface area contributed by atoms with Crippen LogP contribution in [0.1, 0.15) is 44.2 Å². The molecule has 0 amide bonds. The minimum Gasteiger partial charge on any atom is -0.309 e. The van der Waals surface area contributed by atoms with Gasteiger partial charge in [0.1, 0.15) is 5.82 Å². The van der Waals surface area contributed by atoms with Crippen LogP contribution in [0, 0.1) is 6.92 Å². The van der Waals surface area contributed by atoms with E-state index in [0.29, 0.717) is 0 Å². The molecule has 0 fully saturated rings. The van der Waals surface area contributed by atoms with Gasteiger partial charge in [0.25, 0.3) is 0 Å². The van der Waals surface area contributed by atoms with E-state index in [4.69, 9.17) is 0 Å². The molecule has 0 aliphatic rings. The fourth-order valence-corrected chi connectivity index (χ4v) is 1.63. The summed E-state index contributed by atoms with van der Waals surface area (Å²) in [6.07, 6.45) is 3.78. The second kappa shape index (κ2) is 6.38. The van der Waals surface area contributed by atoms with Gasteiger partial charge in [0.05, 0.1) is 11.7 Å². The van der Waals surface area contributed by atoms with Crippen LogP contribution in [0.3, 0.4) is 0 Å². The third kappa shape index (κ3) is 3.74. The molecule has 0 aliphatic heterocycles. The van der Waals surface area contributed by atoms with Crippen molar-refractivity contribution in [3.05, 3.63) is 35.9 Å². The second-order valence-corrected chi connectivity index (χ2v) is 3.95. The summed E-state index contributed by atoms with van der Waals surface area (Å²) in [5.41, 5.74) is 2.31. The highest BCUT2D eigenvalue weighted by Crippen LogP contribution is 2.19. The molecular weight excluding hydrogens is 198 g/mol. The molecule has 0 saturated carbocycles. The predicted molar refractivity (Wildman–Crippen MR) is 67.2 cm³/mol. The molecule has 1 heterocycles. The molecular formula is C13H21N3. The van der Waals surface area contributed by atoms with Gasteiger partial charge in [-0.1, -0.05) is 26.0 Å². The molecule has 1 N–H and O–H groups in total. The van der Waals surface area contributed by atoms with Crippen molar-refractivity contribution in [2.45, 2.75) is 39.7 Å². The number of nitrogens with one attached hydrogen (secondary N) is 1. The average molecular weight is 219 g/mol. The van der Waals surface area contributed by atoms with Gasteiger partial charge in [0.2, 0.25) is 0 Å². The summed E-state index contributed by atoms with van der Waals surface area (Å²) < 4.78 is 0. The smallest absolute Gasteiger partial charge is 0.125 e. The van der Waals surface area contributed by atoms with Crippen molar-refractivity contribution in [3.63, 3.8) is 0 Å². The molecule has 0 saturated heterocycles. The average Bonchev–Trinajstić information content (AvgIpc) is 2.28. The summed E-state index contributed by atoms with van der Waals surface area (Å²) in [6.45, 7) is 11.2. The summed E-state index contributed by atoms with van der Waals surface area (Å²) in [5.74, 6) is 0.822. The summed E-state index contributed by atoms with van der Waals surface area (Å²) in [7, 11) is 0. The minimum atomic E-state index is 0.263. The zero-order valence-corrected chi connectivity index (χ0v) is 10.5. The summed E-state index contributed by atoms with van der Waals surface area (Å²) in [5, 5.41) is 3.44. The van der Waals surface area contributed by atoms with E-state index in [1.54, 1.807) is 0 Å². The molecule has 1 rings (SSSR count). The molecule has 1 unspecified atom stereocenters. The molecule has 88 valence electrons. The molecule has 1 atom stereocenters. The van der Waals surface area contributed by atoms with Crippen LogP contribution in [-0.4, -0.2) is 16.5 Å². The van der Waals surface area contributed by atoms with Crippen LogP contribution in [0.15, 0.2) is 24.4 Å². The van der Waals surface area contributed by atoms with Crippen molar-refractivity contribution in [1.29, 1.82) is 0 Å². The van der Waals surface area contributed by atoms with E-state index in [-0.39, 0.29) is 6.04 Å². The molecule has 0 radical (unpaired) electrons. The van der Waals surface area contributed by atoms with E-state index in [1.165, 1.54) is 5.57 Å². The Morgan fingerprint density at radius 1 is 1.50 bits per heavy atom. The monoisotopic (exact) mass is 219 g/mol. The van der Waals surface area contributed by atoms with Crippen LogP contribution in [0.5, 0.6) is 0 Å². The zero-order chi connectivity index (χ0) is 12.0. The molecule has 3 heteroatoms. The third-order valence-electron chi connectivity index (χ3n) is 2.60. The van der Waals surface area contributed by atoms with Gasteiger partial charge in [-0.05, 0) is 32.4 Å². The Balaban J connectivity index is 2.80. The first-order valence-corrected chi connectivity index (χ1v) is 5.87. The van der Waals surface area contributed by atoms with E-state index in [9.17, 15) is 0 Å². The van der Waals surface area contributed by atoms with Crippen LogP contribution in [0.4, 0.5) is 0 Å². The fraction of sp³-hybridized carbons (Fsp3) is 0.538. The molecule has 0 spiro atoms. The first kappa shape index (κ1) is 12.8. The molecule has 1 aromatic heterocycles. The Kier molecular flexibility index (Phi) is 5.12. The predicted octanol–water partition coefficient (Wildman–Crippen LogP) is 2.79. The van der Waals surface area contributed by atoms with Gasteiger partial charge in [-0.15, -0.1) is 0 Å². The first-order chi connectivity index (χ1) is 7.67. The Morgan fingerprint density at radius 3 is 2.81 bits per heavy atom. The fourth-order valence-electron chi connectivity index (χ4n) is 1.63. The van der Waals surface area contributed by atoms with Crippen LogP contribution < -0.4 is 5.32 Å². The molecule has 16 heavy (non-hydrogen) atoms. The third-order valence-corrected chi connectivity index (χ3v) is 2.60. The molecule has 1 aromatic rings. The number of nitrogens with zero attached hydrogens (tertiary/aromatic N) is 2. The van der Waals surface area contributed by atoms with Crippen molar-refractivity contribution < 1.29 is 0 Å². The standard InChI is InChI=1S/C13H21N3/c1-5-10(3)9-13(14-6-2)12-7-8-15-11(4)16-12/h7-8,13-14H,3,5-6,9H2,1-2,4H3. The minimum absolute atomic E-state index is 0.263. The number of hydrogen-bond donors (Lipinski definition) is 1. The van der Waals surface area contributed by atoms with Crippen molar-refractivity contribution in [1.82, 2.24) is 15.3 Å². The van der Waals surface area contributed by atoms with Crippen molar-refractivity contribution in [2.75, 3.05) is 6.54 Å². The second-order valence-electron chi connectivity index (χ2n) is 3.95. The van der Waals surface area contributed by atoms with Gasteiger partial charge >= 0.3 is 0 Å². The van der Waals surface area contributed by atoms with Gasteiger partial charge in [-0.2, -0.15) is 0 Å². The Bertz CT molecular complexity index is 347. The number of aryl methyl sites for hydroxylation is 1. The largest absolute Gasteiger partial charge is 0.309 e. The molecule has 0 aromatic carbocycles. The summed E-state index contributed by atoms with van der Waals surface area (Å²) >= 11 is 0. The summed E-state index contributed by atoms with van der Waals surface area (Å²) in [6, 6.07) is 2.24. The lowest BCUT2D eigenvalue weighted by molar-refractivity contribution is 0.528. The van der Waals surface area contributed by atoms with Gasteiger partial charge in [-0.25, -0.2) is 9.97 Å². The lowest BCUT2D eigenvalue weighted by Crippen LogP contribution is -2.22. The normalized spacial score (nSPS) is 12.4. The van der Waals surface area contributed by atoms with Crippen molar-refractivity contribution in [3.8, 4) is 0 Å². The number of hydrogen-bond acceptors (Lipinski definition) is 3. The highest BCUT2D eigenvalue weighted by Gasteiger charge is 2.12. The van der Waals surface area contributed by atoms with E-state index >= 15 is 0 Å². The zero-order valence-electron chi connectivity index (χ0n) is 10.5. The lowest BCUT2D eigenvalue weighted by atomic mass is 10.0. The summed E-state index contributed by atoms with van der Waals surface area (Å²) in [4.78, 5) is 8.59. The molecule has 0 bridgehead atoms. The van der Waals surface area contributed by atoms with Crippen LogP contribution in [0.2, 0.25) is 0 Å². The van der Waals surface area contributed by atoms with E-state index in [2.05, 4.69) is 35.7 Å². The maximum absolute atomic E-state index is 4.46. The Labute approximate surface area is 98.0 Å². The highest BCUT2D eigenvalue weighted by atomic mass is 15.0. The highest BCUT2D eigenvalue weighted by molar-refractivity contribution is 5.11. The van der Waals surface area contributed by atoms with Crippen LogP contribution in [-0.2, 0) is 0 Å². The quantitative estimate of drug-likeness (QED) is 0.748. The van der Waals surface area contributed by atoms with Crippen molar-refractivity contribution >= 4 is 0 Å². The van der Waals surface area contributed by atoms with E-state index in [1.807, 2.05) is 19.2 Å². The maximum Gasteiger partial charge on any atom is 0.125 e. The lowest BCUT2D eigenvalue weighted by Gasteiger charge is -2.18. The molecule has 0 aliphatic carbocycles. The van der Waals surface area contributed by atoms with Gasteiger partial charge in [0.15, 0.2) is 0 Å². The first-order valence-electron chi connectivity index (χ1n) is 5.87.